The van der Waals surface area contributed by atoms with Crippen molar-refractivity contribution in [2.24, 2.45) is 11.8 Å². The molecule has 0 fully saturated rings. The van der Waals surface area contributed by atoms with Crippen LogP contribution in [0.15, 0.2) is 42.5 Å². The lowest BCUT2D eigenvalue weighted by molar-refractivity contribution is -0.126. The average molecular weight is 384 g/mol. The Morgan fingerprint density at radius 3 is 2.64 bits per heavy atom. The summed E-state index contributed by atoms with van der Waals surface area (Å²) in [5.41, 5.74) is 1.86. The summed E-state index contributed by atoms with van der Waals surface area (Å²) in [5.74, 6) is 0.302. The number of amides is 2. The molecule has 148 valence electrons. The largest absolute Gasteiger partial charge is 0.492 e. The molecule has 2 N–H and O–H groups in total. The van der Waals surface area contributed by atoms with Gasteiger partial charge in [0, 0.05) is 17.8 Å². The van der Waals surface area contributed by atoms with Crippen LogP contribution in [0.1, 0.15) is 36.2 Å². The molecule has 1 atom stereocenters. The molecule has 0 aromatic heterocycles. The summed E-state index contributed by atoms with van der Waals surface area (Å²) in [7, 11) is 0. The highest BCUT2D eigenvalue weighted by molar-refractivity contribution is 6.04. The lowest BCUT2D eigenvalue weighted by atomic mass is 9.95. The zero-order valence-corrected chi connectivity index (χ0v) is 16.1. The van der Waals surface area contributed by atoms with Crippen molar-refractivity contribution in [1.29, 1.82) is 0 Å². The summed E-state index contributed by atoms with van der Waals surface area (Å²) in [5, 5.41) is 5.77. The second-order valence-corrected chi connectivity index (χ2v) is 7.47. The number of nitrogens with one attached hydrogen (secondary N) is 2. The lowest BCUT2D eigenvalue weighted by Crippen LogP contribution is -2.38. The van der Waals surface area contributed by atoms with Crippen LogP contribution in [0.4, 0.5) is 10.1 Å². The van der Waals surface area contributed by atoms with Crippen LogP contribution in [0.25, 0.3) is 0 Å². The molecular weight excluding hydrogens is 359 g/mol. The zero-order chi connectivity index (χ0) is 20.1. The summed E-state index contributed by atoms with van der Waals surface area (Å²) >= 11 is 0. The van der Waals surface area contributed by atoms with E-state index in [0.29, 0.717) is 36.7 Å². The molecule has 2 aromatic rings. The van der Waals surface area contributed by atoms with Crippen molar-refractivity contribution in [2.45, 2.75) is 26.7 Å². The van der Waals surface area contributed by atoms with Gasteiger partial charge in [-0.25, -0.2) is 4.39 Å². The van der Waals surface area contributed by atoms with Gasteiger partial charge in [0.05, 0.1) is 5.92 Å². The topological polar surface area (TPSA) is 67.4 Å². The molecule has 0 saturated carbocycles. The van der Waals surface area contributed by atoms with Crippen molar-refractivity contribution in [2.75, 3.05) is 18.5 Å². The van der Waals surface area contributed by atoms with Gasteiger partial charge in [0.2, 0.25) is 5.91 Å². The van der Waals surface area contributed by atoms with E-state index in [-0.39, 0.29) is 23.5 Å². The number of halogens is 1. The molecule has 0 saturated heterocycles. The first-order chi connectivity index (χ1) is 13.4. The molecule has 3 rings (SSSR count). The third kappa shape index (κ3) is 5.09. The van der Waals surface area contributed by atoms with E-state index in [1.165, 1.54) is 24.3 Å². The number of ether oxygens (including phenoxy) is 1. The van der Waals surface area contributed by atoms with Gasteiger partial charge in [-0.1, -0.05) is 13.8 Å². The van der Waals surface area contributed by atoms with Crippen LogP contribution >= 0.6 is 0 Å². The molecule has 1 aliphatic heterocycles. The number of rotatable bonds is 6. The molecule has 1 heterocycles. The smallest absolute Gasteiger partial charge is 0.255 e. The first-order valence-corrected chi connectivity index (χ1v) is 9.52. The Hall–Kier alpha value is -2.89. The Labute approximate surface area is 164 Å². The molecule has 2 amide bonds. The van der Waals surface area contributed by atoms with Gasteiger partial charge in [-0.15, -0.1) is 0 Å². The molecule has 0 spiro atoms. The summed E-state index contributed by atoms with van der Waals surface area (Å²) in [4.78, 5) is 24.7. The maximum absolute atomic E-state index is 13.0. The monoisotopic (exact) mass is 384 g/mol. The van der Waals surface area contributed by atoms with Gasteiger partial charge in [-0.2, -0.15) is 0 Å². The number of anilines is 1. The fourth-order valence-electron chi connectivity index (χ4n) is 3.07. The number of benzene rings is 2. The van der Waals surface area contributed by atoms with Crippen molar-refractivity contribution in [3.05, 3.63) is 59.4 Å². The Morgan fingerprint density at radius 1 is 1.18 bits per heavy atom. The fourth-order valence-corrected chi connectivity index (χ4v) is 3.07. The van der Waals surface area contributed by atoms with Crippen LogP contribution in [0.2, 0.25) is 0 Å². The van der Waals surface area contributed by atoms with E-state index in [9.17, 15) is 14.0 Å². The molecule has 2 aromatic carbocycles. The SMILES string of the molecule is CC(C)CCNC(=O)C1COc2ccc(NC(=O)c3ccc(F)cc3)cc2C1. The minimum atomic E-state index is -0.389. The molecule has 28 heavy (non-hydrogen) atoms. The van der Waals surface area contributed by atoms with Crippen LogP contribution in [-0.2, 0) is 11.2 Å². The van der Waals surface area contributed by atoms with Gasteiger partial charge in [0.25, 0.3) is 5.91 Å². The van der Waals surface area contributed by atoms with Crippen molar-refractivity contribution < 1.29 is 18.7 Å². The number of carbonyl (C=O) groups is 2. The first kappa shape index (κ1) is 19.9. The first-order valence-electron chi connectivity index (χ1n) is 9.52. The zero-order valence-electron chi connectivity index (χ0n) is 16.1. The van der Waals surface area contributed by atoms with E-state index in [2.05, 4.69) is 24.5 Å². The molecule has 0 bridgehead atoms. The number of fused-ring (bicyclic) bond motifs is 1. The van der Waals surface area contributed by atoms with Crippen LogP contribution in [-0.4, -0.2) is 25.0 Å². The van der Waals surface area contributed by atoms with Crippen molar-refractivity contribution >= 4 is 17.5 Å². The van der Waals surface area contributed by atoms with Gasteiger partial charge >= 0.3 is 0 Å². The van der Waals surface area contributed by atoms with Gasteiger partial charge in [-0.05, 0) is 66.8 Å². The number of hydrogen-bond donors (Lipinski definition) is 2. The summed E-state index contributed by atoms with van der Waals surface area (Å²) in [6, 6.07) is 10.7. The van der Waals surface area contributed by atoms with Gasteiger partial charge in [0.1, 0.15) is 18.2 Å². The molecule has 0 aliphatic carbocycles. The standard InChI is InChI=1S/C22H25FN2O3/c1-14(2)9-10-24-21(26)17-11-16-12-19(7-8-20(16)28-13-17)25-22(27)15-3-5-18(23)6-4-15/h3-8,12,14,17H,9-11,13H2,1-2H3,(H,24,26)(H,25,27). The van der Waals surface area contributed by atoms with E-state index in [4.69, 9.17) is 4.74 Å². The summed E-state index contributed by atoms with van der Waals surface area (Å²) < 4.78 is 18.7. The molecule has 5 nitrogen and oxygen atoms in total. The Balaban J connectivity index is 1.63. The summed E-state index contributed by atoms with van der Waals surface area (Å²) in [6.07, 6.45) is 1.50. The number of hydrogen-bond acceptors (Lipinski definition) is 3. The van der Waals surface area contributed by atoms with Crippen molar-refractivity contribution in [3.63, 3.8) is 0 Å². The lowest BCUT2D eigenvalue weighted by Gasteiger charge is -2.25. The second-order valence-electron chi connectivity index (χ2n) is 7.47. The molecule has 6 heteroatoms. The third-order valence-corrected chi connectivity index (χ3v) is 4.72. The van der Waals surface area contributed by atoms with E-state index >= 15 is 0 Å². The van der Waals surface area contributed by atoms with Crippen LogP contribution < -0.4 is 15.4 Å². The van der Waals surface area contributed by atoms with Gasteiger partial charge in [-0.3, -0.25) is 9.59 Å². The van der Waals surface area contributed by atoms with Crippen LogP contribution in [0.5, 0.6) is 5.75 Å². The predicted molar refractivity (Wildman–Crippen MR) is 106 cm³/mol. The summed E-state index contributed by atoms with van der Waals surface area (Å²) in [6.45, 7) is 5.25. The highest BCUT2D eigenvalue weighted by Gasteiger charge is 2.26. The average Bonchev–Trinajstić information content (AvgIpc) is 2.67. The van der Waals surface area contributed by atoms with Crippen LogP contribution in [0, 0.1) is 17.7 Å². The second kappa shape index (κ2) is 8.87. The fraction of sp³-hybridized carbons (Fsp3) is 0.364. The van der Waals surface area contributed by atoms with E-state index < -0.39 is 0 Å². The minimum Gasteiger partial charge on any atom is -0.492 e. The van der Waals surface area contributed by atoms with Gasteiger partial charge < -0.3 is 15.4 Å². The Bertz CT molecular complexity index is 849. The Kier molecular flexibility index (Phi) is 6.29. The van der Waals surface area contributed by atoms with Crippen molar-refractivity contribution in [3.8, 4) is 5.75 Å². The maximum Gasteiger partial charge on any atom is 0.255 e. The van der Waals surface area contributed by atoms with Gasteiger partial charge in [0.15, 0.2) is 0 Å². The third-order valence-electron chi connectivity index (χ3n) is 4.72. The molecular formula is C22H25FN2O3. The Morgan fingerprint density at radius 2 is 1.93 bits per heavy atom. The quantitative estimate of drug-likeness (QED) is 0.796. The van der Waals surface area contributed by atoms with E-state index in [1.54, 1.807) is 12.1 Å². The van der Waals surface area contributed by atoms with Crippen molar-refractivity contribution in [1.82, 2.24) is 5.32 Å². The van der Waals surface area contributed by atoms with Crippen LogP contribution in [0.3, 0.4) is 0 Å². The highest BCUT2D eigenvalue weighted by atomic mass is 19.1. The maximum atomic E-state index is 13.0. The normalized spacial score (nSPS) is 15.5. The predicted octanol–water partition coefficient (Wildman–Crippen LogP) is 3.79. The molecule has 1 aliphatic rings. The molecule has 1 unspecified atom stereocenters. The molecule has 0 radical (unpaired) electrons. The minimum absolute atomic E-state index is 0.00736. The number of carbonyl (C=O) groups excluding carboxylic acids is 2. The van der Waals surface area contributed by atoms with E-state index in [1.807, 2.05) is 6.07 Å². The van der Waals surface area contributed by atoms with E-state index in [0.717, 1.165) is 17.7 Å². The highest BCUT2D eigenvalue weighted by Crippen LogP contribution is 2.30.